The molecule has 2 nitrogen and oxygen atoms in total. The Hall–Kier alpha value is -2.67. The third kappa shape index (κ3) is 3.88. The van der Waals surface area contributed by atoms with Gasteiger partial charge in [0.1, 0.15) is 0 Å². The van der Waals surface area contributed by atoms with Crippen molar-refractivity contribution in [3.05, 3.63) is 82.2 Å². The zero-order valence-corrected chi connectivity index (χ0v) is 13.5. The Morgan fingerprint density at radius 1 is 0.840 bits per heavy atom. The molecule has 7 heteroatoms. The van der Waals surface area contributed by atoms with E-state index in [1.807, 2.05) is 0 Å². The fourth-order valence-corrected chi connectivity index (χ4v) is 3.10. The van der Waals surface area contributed by atoms with Gasteiger partial charge in [0.2, 0.25) is 0 Å². The van der Waals surface area contributed by atoms with Crippen LogP contribution in [0.4, 0.5) is 17.6 Å². The van der Waals surface area contributed by atoms with E-state index in [9.17, 15) is 22.4 Å². The van der Waals surface area contributed by atoms with Crippen molar-refractivity contribution in [3.63, 3.8) is 0 Å². The summed E-state index contributed by atoms with van der Waals surface area (Å²) in [6.07, 6.45) is 0. The van der Waals surface area contributed by atoms with Gasteiger partial charge in [-0.25, -0.2) is 17.6 Å². The van der Waals surface area contributed by atoms with Gasteiger partial charge in [-0.15, -0.1) is 11.3 Å². The summed E-state index contributed by atoms with van der Waals surface area (Å²) in [5.41, 5.74) is 0.883. The summed E-state index contributed by atoms with van der Waals surface area (Å²) >= 11 is 1.11. The normalized spacial score (nSPS) is 10.7. The molecule has 0 aliphatic heterocycles. The van der Waals surface area contributed by atoms with Crippen LogP contribution in [-0.4, -0.2) is 5.91 Å². The Morgan fingerprint density at radius 3 is 2.20 bits per heavy atom. The summed E-state index contributed by atoms with van der Waals surface area (Å²) in [4.78, 5) is 13.1. The van der Waals surface area contributed by atoms with Gasteiger partial charge in [0, 0.05) is 11.4 Å². The van der Waals surface area contributed by atoms with Crippen LogP contribution in [0, 0.1) is 23.3 Å². The number of carbonyl (C=O) groups excluding carboxylic acids is 1. The van der Waals surface area contributed by atoms with Gasteiger partial charge in [-0.05, 0) is 47.5 Å². The van der Waals surface area contributed by atoms with Crippen molar-refractivity contribution in [1.82, 2.24) is 5.32 Å². The van der Waals surface area contributed by atoms with Crippen LogP contribution in [0.25, 0.3) is 10.4 Å². The number of hydrogen-bond acceptors (Lipinski definition) is 2. The van der Waals surface area contributed by atoms with E-state index in [0.29, 0.717) is 20.9 Å². The first-order chi connectivity index (χ1) is 11.9. The van der Waals surface area contributed by atoms with Gasteiger partial charge in [-0.3, -0.25) is 4.79 Å². The molecule has 128 valence electrons. The van der Waals surface area contributed by atoms with E-state index in [4.69, 9.17) is 0 Å². The highest BCUT2D eigenvalue weighted by Crippen LogP contribution is 2.29. The molecule has 0 bridgehead atoms. The maximum absolute atomic E-state index is 13.3. The zero-order valence-electron chi connectivity index (χ0n) is 12.7. The Bertz CT molecular complexity index is 939. The molecule has 0 saturated heterocycles. The molecule has 0 aliphatic rings. The fraction of sp³-hybridized carbons (Fsp3) is 0.0556. The molecule has 0 aliphatic carbocycles. The minimum absolute atomic E-state index is 0.0362. The fourth-order valence-electron chi connectivity index (χ4n) is 2.18. The molecule has 2 aromatic carbocycles. The molecule has 25 heavy (non-hydrogen) atoms. The highest BCUT2D eigenvalue weighted by Gasteiger charge is 2.12. The standard InChI is InChI=1S/C18H11F4NOS/c19-12-3-1-10(7-14(12)21)9-23-18(24)17-6-5-16(25-17)11-2-4-13(20)15(22)8-11/h1-8H,9H2,(H,23,24). The second-order valence-corrected chi connectivity index (χ2v) is 6.31. The van der Waals surface area contributed by atoms with E-state index in [1.54, 1.807) is 12.1 Å². The van der Waals surface area contributed by atoms with E-state index in [-0.39, 0.29) is 6.54 Å². The molecular weight excluding hydrogens is 354 g/mol. The second kappa shape index (κ2) is 7.06. The van der Waals surface area contributed by atoms with Crippen LogP contribution in [0.1, 0.15) is 15.2 Å². The molecule has 1 aromatic heterocycles. The van der Waals surface area contributed by atoms with Crippen molar-refractivity contribution in [2.24, 2.45) is 0 Å². The first-order valence-electron chi connectivity index (χ1n) is 7.21. The van der Waals surface area contributed by atoms with Crippen LogP contribution in [0.3, 0.4) is 0 Å². The van der Waals surface area contributed by atoms with Crippen LogP contribution < -0.4 is 5.32 Å². The topological polar surface area (TPSA) is 29.1 Å². The van der Waals surface area contributed by atoms with Crippen LogP contribution in [0.2, 0.25) is 0 Å². The predicted octanol–water partition coefficient (Wildman–Crippen LogP) is 4.90. The van der Waals surface area contributed by atoms with Crippen LogP contribution in [-0.2, 0) is 6.54 Å². The molecular formula is C18H11F4NOS. The van der Waals surface area contributed by atoms with Crippen molar-refractivity contribution in [1.29, 1.82) is 0 Å². The lowest BCUT2D eigenvalue weighted by molar-refractivity contribution is 0.0955. The van der Waals surface area contributed by atoms with E-state index in [0.717, 1.165) is 35.6 Å². The number of nitrogens with one attached hydrogen (secondary N) is 1. The number of benzene rings is 2. The van der Waals surface area contributed by atoms with Crippen molar-refractivity contribution in [2.75, 3.05) is 0 Å². The molecule has 0 spiro atoms. The SMILES string of the molecule is O=C(NCc1ccc(F)c(F)c1)c1ccc(-c2ccc(F)c(F)c2)s1. The summed E-state index contributed by atoms with van der Waals surface area (Å²) < 4.78 is 52.3. The van der Waals surface area contributed by atoms with Crippen molar-refractivity contribution < 1.29 is 22.4 Å². The minimum Gasteiger partial charge on any atom is -0.347 e. The number of halogens is 4. The Balaban J connectivity index is 1.69. The average molecular weight is 365 g/mol. The molecule has 1 heterocycles. The highest BCUT2D eigenvalue weighted by molar-refractivity contribution is 7.17. The smallest absolute Gasteiger partial charge is 0.261 e. The number of hydrogen-bond donors (Lipinski definition) is 1. The lowest BCUT2D eigenvalue weighted by atomic mass is 10.2. The van der Waals surface area contributed by atoms with Gasteiger partial charge in [0.05, 0.1) is 4.88 Å². The van der Waals surface area contributed by atoms with Gasteiger partial charge in [0.25, 0.3) is 5.91 Å². The number of carbonyl (C=O) groups is 1. The lowest BCUT2D eigenvalue weighted by Gasteiger charge is -2.04. The summed E-state index contributed by atoms with van der Waals surface area (Å²) in [7, 11) is 0. The minimum atomic E-state index is -0.983. The molecule has 0 unspecified atom stereocenters. The third-order valence-electron chi connectivity index (χ3n) is 3.47. The first kappa shape index (κ1) is 17.2. The Kier molecular flexibility index (Phi) is 4.85. The second-order valence-electron chi connectivity index (χ2n) is 5.22. The van der Waals surface area contributed by atoms with Crippen LogP contribution >= 0.6 is 11.3 Å². The summed E-state index contributed by atoms with van der Waals surface area (Å²) in [5.74, 6) is -4.24. The zero-order chi connectivity index (χ0) is 18.0. The molecule has 0 radical (unpaired) electrons. The predicted molar refractivity (Wildman–Crippen MR) is 87.2 cm³/mol. The maximum Gasteiger partial charge on any atom is 0.261 e. The molecule has 1 N–H and O–H groups in total. The Morgan fingerprint density at radius 2 is 1.52 bits per heavy atom. The highest BCUT2D eigenvalue weighted by atomic mass is 32.1. The van der Waals surface area contributed by atoms with Crippen LogP contribution in [0.15, 0.2) is 48.5 Å². The lowest BCUT2D eigenvalue weighted by Crippen LogP contribution is -2.21. The molecule has 3 aromatic rings. The van der Waals surface area contributed by atoms with E-state index in [1.165, 1.54) is 12.1 Å². The van der Waals surface area contributed by atoms with Crippen molar-refractivity contribution in [3.8, 4) is 10.4 Å². The molecule has 0 fully saturated rings. The van der Waals surface area contributed by atoms with Gasteiger partial charge in [-0.1, -0.05) is 12.1 Å². The largest absolute Gasteiger partial charge is 0.347 e. The number of amides is 1. The number of thiophene rings is 1. The van der Waals surface area contributed by atoms with Crippen LogP contribution in [0.5, 0.6) is 0 Å². The number of rotatable bonds is 4. The molecule has 3 rings (SSSR count). The van der Waals surface area contributed by atoms with E-state index < -0.39 is 29.2 Å². The average Bonchev–Trinajstić information content (AvgIpc) is 3.08. The monoisotopic (exact) mass is 365 g/mol. The van der Waals surface area contributed by atoms with E-state index in [2.05, 4.69) is 5.32 Å². The maximum atomic E-state index is 13.3. The third-order valence-corrected chi connectivity index (χ3v) is 4.60. The summed E-state index contributed by atoms with van der Waals surface area (Å²) in [6.45, 7) is 0.0362. The quantitative estimate of drug-likeness (QED) is 0.655. The van der Waals surface area contributed by atoms with E-state index >= 15 is 0 Å². The molecule has 0 saturated carbocycles. The first-order valence-corrected chi connectivity index (χ1v) is 8.03. The van der Waals surface area contributed by atoms with Gasteiger partial charge in [0.15, 0.2) is 23.3 Å². The van der Waals surface area contributed by atoms with Gasteiger partial charge >= 0.3 is 0 Å². The summed E-state index contributed by atoms with van der Waals surface area (Å²) in [6, 6.07) is 10.1. The van der Waals surface area contributed by atoms with Crippen molar-refractivity contribution in [2.45, 2.75) is 6.54 Å². The molecule has 1 amide bonds. The van der Waals surface area contributed by atoms with Gasteiger partial charge in [-0.2, -0.15) is 0 Å². The molecule has 0 atom stereocenters. The van der Waals surface area contributed by atoms with Gasteiger partial charge < -0.3 is 5.32 Å². The summed E-state index contributed by atoms with van der Waals surface area (Å²) in [5, 5.41) is 2.60. The van der Waals surface area contributed by atoms with Crippen molar-refractivity contribution >= 4 is 17.2 Å². The Labute approximate surface area is 144 Å².